The lowest BCUT2D eigenvalue weighted by atomic mass is 10.1. The van der Waals surface area contributed by atoms with Crippen molar-refractivity contribution < 1.29 is 29.0 Å². The second kappa shape index (κ2) is 14.5. The zero-order valence-corrected chi connectivity index (χ0v) is 24.2. The van der Waals surface area contributed by atoms with Crippen LogP contribution < -0.4 is 20.7 Å². The minimum absolute atomic E-state index is 0.0295. The molecule has 0 radical (unpaired) electrons. The van der Waals surface area contributed by atoms with Crippen molar-refractivity contribution in [2.45, 2.75) is 17.1 Å². The fraction of sp³-hybridized carbons (Fsp3) is 0.0909. The Bertz CT molecular complexity index is 1660. The molecule has 4 N–H and O–H groups in total. The number of hydrogen-bond donors (Lipinski definition) is 4. The molecule has 0 aliphatic rings. The van der Waals surface area contributed by atoms with E-state index >= 15 is 0 Å². The second-order valence-electron chi connectivity index (χ2n) is 9.27. The molecule has 10 heteroatoms. The fourth-order valence-electron chi connectivity index (χ4n) is 3.88. The van der Waals surface area contributed by atoms with Gasteiger partial charge < -0.3 is 25.8 Å². The summed E-state index contributed by atoms with van der Waals surface area (Å²) >= 11 is 1.29. The minimum Gasteiger partial charge on any atom is -0.497 e. The maximum atomic E-state index is 13.4. The largest absolute Gasteiger partial charge is 0.497 e. The van der Waals surface area contributed by atoms with Crippen molar-refractivity contribution in [1.82, 2.24) is 5.32 Å². The van der Waals surface area contributed by atoms with Crippen LogP contribution in [-0.2, 0) is 9.59 Å². The van der Waals surface area contributed by atoms with Gasteiger partial charge in [0.05, 0.1) is 17.9 Å². The van der Waals surface area contributed by atoms with Gasteiger partial charge in [-0.05, 0) is 85.3 Å². The Balaban J connectivity index is 1.47. The number of carboxylic acids is 1. The molecule has 0 aromatic heterocycles. The van der Waals surface area contributed by atoms with E-state index < -0.39 is 23.0 Å². The molecule has 0 aliphatic heterocycles. The van der Waals surface area contributed by atoms with Crippen molar-refractivity contribution in [2.75, 3.05) is 17.7 Å². The lowest BCUT2D eigenvalue weighted by Crippen LogP contribution is -2.30. The predicted octanol–water partition coefficient (Wildman–Crippen LogP) is 5.92. The Morgan fingerprint density at radius 3 is 2.21 bits per heavy atom. The number of methoxy groups -OCH3 is 1. The van der Waals surface area contributed by atoms with Crippen molar-refractivity contribution >= 4 is 52.9 Å². The van der Waals surface area contributed by atoms with Gasteiger partial charge >= 0.3 is 5.97 Å². The van der Waals surface area contributed by atoms with Gasteiger partial charge in [-0.25, -0.2) is 4.79 Å². The number of ether oxygens (including phenoxy) is 1. The molecule has 4 rings (SSSR count). The Hall–Kier alpha value is -5.35. The Kier molecular flexibility index (Phi) is 10.3. The number of thioether (sulfide) groups is 1. The van der Waals surface area contributed by atoms with E-state index in [1.165, 1.54) is 36.0 Å². The van der Waals surface area contributed by atoms with Gasteiger partial charge in [-0.3, -0.25) is 14.4 Å². The zero-order chi connectivity index (χ0) is 30.8. The number of carboxylic acid groups (broad SMARTS) is 1. The summed E-state index contributed by atoms with van der Waals surface area (Å²) in [5.41, 5.74) is 2.16. The van der Waals surface area contributed by atoms with Crippen molar-refractivity contribution in [1.29, 1.82) is 0 Å². The molecule has 0 saturated carbocycles. The summed E-state index contributed by atoms with van der Waals surface area (Å²) in [6, 6.07) is 28.6. The predicted molar refractivity (Wildman–Crippen MR) is 167 cm³/mol. The Morgan fingerprint density at radius 1 is 0.791 bits per heavy atom. The summed E-state index contributed by atoms with van der Waals surface area (Å²) in [6.07, 6.45) is 1.56. The number of carbonyl (C=O) groups is 4. The van der Waals surface area contributed by atoms with E-state index in [0.717, 1.165) is 4.90 Å². The SMILES string of the molecule is COc1cccc(/C=C(\NC(=O)c2ccccc2)C(=O)Nc2cccc(SC(C)C(=O)Nc3ccc(C(=O)O)cc3)c2)c1. The summed E-state index contributed by atoms with van der Waals surface area (Å²) < 4.78 is 5.28. The van der Waals surface area contributed by atoms with Gasteiger partial charge in [0.1, 0.15) is 11.4 Å². The van der Waals surface area contributed by atoms with Gasteiger partial charge in [0.15, 0.2) is 0 Å². The van der Waals surface area contributed by atoms with E-state index in [1.54, 1.807) is 92.9 Å². The van der Waals surface area contributed by atoms with Gasteiger partial charge in [0, 0.05) is 21.8 Å². The molecule has 218 valence electrons. The van der Waals surface area contributed by atoms with Crippen LogP contribution in [0.2, 0.25) is 0 Å². The molecule has 1 unspecified atom stereocenters. The lowest BCUT2D eigenvalue weighted by Gasteiger charge is -2.14. The first-order valence-corrected chi connectivity index (χ1v) is 14.0. The van der Waals surface area contributed by atoms with Crippen LogP contribution in [0.5, 0.6) is 5.75 Å². The summed E-state index contributed by atoms with van der Waals surface area (Å²) in [5, 5.41) is 16.9. The molecule has 0 heterocycles. The molecule has 9 nitrogen and oxygen atoms in total. The van der Waals surface area contributed by atoms with Crippen LogP contribution in [0.1, 0.15) is 33.2 Å². The molecule has 4 aromatic carbocycles. The smallest absolute Gasteiger partial charge is 0.335 e. The maximum Gasteiger partial charge on any atom is 0.335 e. The van der Waals surface area contributed by atoms with Crippen LogP contribution >= 0.6 is 11.8 Å². The average molecular weight is 596 g/mol. The summed E-state index contributed by atoms with van der Waals surface area (Å²) in [6.45, 7) is 1.74. The number of hydrogen-bond acceptors (Lipinski definition) is 6. The van der Waals surface area contributed by atoms with Crippen molar-refractivity contribution in [2.24, 2.45) is 0 Å². The molecule has 1 atom stereocenters. The van der Waals surface area contributed by atoms with Crippen molar-refractivity contribution in [3.63, 3.8) is 0 Å². The number of amides is 3. The topological polar surface area (TPSA) is 134 Å². The normalized spacial score (nSPS) is 11.6. The van der Waals surface area contributed by atoms with Gasteiger partial charge in [0.25, 0.3) is 11.8 Å². The number of nitrogens with one attached hydrogen (secondary N) is 3. The van der Waals surface area contributed by atoms with Crippen LogP contribution in [0.15, 0.2) is 114 Å². The van der Waals surface area contributed by atoms with Crippen LogP contribution in [0, 0.1) is 0 Å². The number of rotatable bonds is 11. The first-order chi connectivity index (χ1) is 20.7. The van der Waals surface area contributed by atoms with Crippen molar-refractivity contribution in [3.05, 3.63) is 126 Å². The summed E-state index contributed by atoms with van der Waals surface area (Å²) in [4.78, 5) is 50.9. The zero-order valence-electron chi connectivity index (χ0n) is 23.4. The third kappa shape index (κ3) is 8.82. The van der Waals surface area contributed by atoms with E-state index in [9.17, 15) is 19.2 Å². The summed E-state index contributed by atoms with van der Waals surface area (Å²) in [7, 11) is 1.54. The average Bonchev–Trinajstić information content (AvgIpc) is 3.01. The molecular weight excluding hydrogens is 566 g/mol. The van der Waals surface area contributed by atoms with E-state index in [2.05, 4.69) is 16.0 Å². The molecular formula is C33H29N3O6S. The number of anilines is 2. The third-order valence-electron chi connectivity index (χ3n) is 6.11. The monoisotopic (exact) mass is 595 g/mol. The summed E-state index contributed by atoms with van der Waals surface area (Å²) in [5.74, 6) is -1.69. The highest BCUT2D eigenvalue weighted by Crippen LogP contribution is 2.27. The van der Waals surface area contributed by atoms with E-state index in [0.29, 0.717) is 28.3 Å². The van der Waals surface area contributed by atoms with Gasteiger partial charge in [-0.2, -0.15) is 0 Å². The number of benzene rings is 4. The molecule has 0 aliphatic carbocycles. The number of aromatic carboxylic acids is 1. The molecule has 3 amide bonds. The van der Waals surface area contributed by atoms with E-state index in [-0.39, 0.29) is 17.2 Å². The number of carbonyl (C=O) groups excluding carboxylic acids is 3. The molecule has 0 spiro atoms. The van der Waals surface area contributed by atoms with Gasteiger partial charge in [-0.1, -0.05) is 36.4 Å². The van der Waals surface area contributed by atoms with E-state index in [1.807, 2.05) is 6.07 Å². The second-order valence-corrected chi connectivity index (χ2v) is 10.7. The standard InChI is InChI=1S/C33H29N3O6S/c1-21(30(37)34-25-16-14-24(15-17-25)33(40)41)43-28-13-7-11-26(20-28)35-32(39)29(19-22-8-6-12-27(18-22)42-2)36-31(38)23-9-4-3-5-10-23/h3-21H,1-2H3,(H,34,37)(H,35,39)(H,36,38)(H,40,41)/b29-19-. The van der Waals surface area contributed by atoms with Crippen LogP contribution in [0.25, 0.3) is 6.08 Å². The fourth-order valence-corrected chi connectivity index (χ4v) is 4.81. The highest BCUT2D eigenvalue weighted by Gasteiger charge is 2.18. The Labute approximate surface area is 253 Å². The minimum atomic E-state index is -1.05. The first-order valence-electron chi connectivity index (χ1n) is 13.2. The lowest BCUT2D eigenvalue weighted by molar-refractivity contribution is -0.115. The van der Waals surface area contributed by atoms with Crippen LogP contribution in [0.3, 0.4) is 0 Å². The van der Waals surface area contributed by atoms with Gasteiger partial charge in [0.2, 0.25) is 5.91 Å². The molecule has 0 fully saturated rings. The van der Waals surface area contributed by atoms with E-state index in [4.69, 9.17) is 9.84 Å². The molecule has 0 bridgehead atoms. The Morgan fingerprint density at radius 2 is 1.51 bits per heavy atom. The molecule has 4 aromatic rings. The quantitative estimate of drug-likeness (QED) is 0.125. The maximum absolute atomic E-state index is 13.4. The van der Waals surface area contributed by atoms with Gasteiger partial charge in [-0.15, -0.1) is 11.8 Å². The third-order valence-corrected chi connectivity index (χ3v) is 7.20. The first kappa shape index (κ1) is 30.6. The highest BCUT2D eigenvalue weighted by atomic mass is 32.2. The van der Waals surface area contributed by atoms with Crippen molar-refractivity contribution in [3.8, 4) is 5.75 Å². The molecule has 43 heavy (non-hydrogen) atoms. The van der Waals surface area contributed by atoms with Crippen LogP contribution in [-0.4, -0.2) is 41.2 Å². The van der Waals surface area contributed by atoms with Crippen LogP contribution in [0.4, 0.5) is 11.4 Å². The highest BCUT2D eigenvalue weighted by molar-refractivity contribution is 8.00. The molecule has 0 saturated heterocycles.